The molecule has 0 saturated heterocycles. The predicted molar refractivity (Wildman–Crippen MR) is 100 cm³/mol. The zero-order valence-electron chi connectivity index (χ0n) is 13.6. The molecule has 0 aromatic heterocycles. The maximum absolute atomic E-state index is 12.8. The first-order valence-electron chi connectivity index (χ1n) is 7.82. The molecular weight excluding hydrogens is 334 g/mol. The van der Waals surface area contributed by atoms with Crippen molar-refractivity contribution in [2.45, 2.75) is 6.92 Å². The maximum atomic E-state index is 12.8. The lowest BCUT2D eigenvalue weighted by molar-refractivity contribution is 0.102. The lowest BCUT2D eigenvalue weighted by Gasteiger charge is -2.12. The third kappa shape index (κ3) is 3.95. The van der Waals surface area contributed by atoms with E-state index < -0.39 is 0 Å². The summed E-state index contributed by atoms with van der Waals surface area (Å²) in [6.45, 7) is 1.91. The fourth-order valence-corrected chi connectivity index (χ4v) is 2.63. The molecule has 1 amide bonds. The molecule has 0 aliphatic carbocycles. The molecular formula is C21H16ClNO2. The summed E-state index contributed by atoms with van der Waals surface area (Å²) >= 11 is 5.88. The number of amides is 1. The molecule has 3 nitrogen and oxygen atoms in total. The van der Waals surface area contributed by atoms with E-state index in [0.717, 1.165) is 5.56 Å². The second-order valence-electron chi connectivity index (χ2n) is 5.71. The van der Waals surface area contributed by atoms with Gasteiger partial charge in [-0.25, -0.2) is 0 Å². The Labute approximate surface area is 151 Å². The van der Waals surface area contributed by atoms with Crippen LogP contribution >= 0.6 is 11.6 Å². The molecule has 0 unspecified atom stereocenters. The van der Waals surface area contributed by atoms with Crippen LogP contribution in [-0.2, 0) is 0 Å². The van der Waals surface area contributed by atoms with Crippen LogP contribution in [0.15, 0.2) is 72.8 Å². The van der Waals surface area contributed by atoms with Gasteiger partial charge in [0.15, 0.2) is 5.78 Å². The van der Waals surface area contributed by atoms with E-state index in [0.29, 0.717) is 27.4 Å². The van der Waals surface area contributed by atoms with E-state index in [2.05, 4.69) is 5.32 Å². The second kappa shape index (κ2) is 7.32. The maximum Gasteiger partial charge on any atom is 0.255 e. The van der Waals surface area contributed by atoms with E-state index in [1.165, 1.54) is 0 Å². The van der Waals surface area contributed by atoms with E-state index in [-0.39, 0.29) is 11.7 Å². The van der Waals surface area contributed by atoms with Crippen molar-refractivity contribution < 1.29 is 9.59 Å². The van der Waals surface area contributed by atoms with Gasteiger partial charge in [-0.1, -0.05) is 35.9 Å². The van der Waals surface area contributed by atoms with Gasteiger partial charge in [-0.2, -0.15) is 0 Å². The molecule has 3 rings (SSSR count). The van der Waals surface area contributed by atoms with Crippen LogP contribution in [0.3, 0.4) is 0 Å². The molecule has 0 heterocycles. The van der Waals surface area contributed by atoms with Gasteiger partial charge in [0, 0.05) is 21.7 Å². The molecule has 4 heteroatoms. The van der Waals surface area contributed by atoms with Crippen molar-refractivity contribution >= 4 is 29.0 Å². The smallest absolute Gasteiger partial charge is 0.255 e. The first kappa shape index (κ1) is 16.9. The third-order valence-corrected chi connectivity index (χ3v) is 4.06. The van der Waals surface area contributed by atoms with Crippen LogP contribution in [0.2, 0.25) is 5.02 Å². The van der Waals surface area contributed by atoms with Crippen molar-refractivity contribution in [1.29, 1.82) is 0 Å². The van der Waals surface area contributed by atoms with Crippen molar-refractivity contribution in [1.82, 2.24) is 0 Å². The molecule has 0 radical (unpaired) electrons. The number of halogens is 1. The molecule has 0 aliphatic heterocycles. The van der Waals surface area contributed by atoms with Crippen LogP contribution in [0, 0.1) is 6.92 Å². The van der Waals surface area contributed by atoms with Gasteiger partial charge in [-0.3, -0.25) is 9.59 Å². The number of carbonyl (C=O) groups excluding carboxylic acids is 2. The molecule has 0 saturated carbocycles. The first-order valence-corrected chi connectivity index (χ1v) is 8.20. The average molecular weight is 350 g/mol. The largest absolute Gasteiger partial charge is 0.321 e. The first-order chi connectivity index (χ1) is 12.0. The lowest BCUT2D eigenvalue weighted by Crippen LogP contribution is -2.15. The lowest BCUT2D eigenvalue weighted by atomic mass is 10.00. The van der Waals surface area contributed by atoms with Gasteiger partial charge in [-0.05, 0) is 61.0 Å². The summed E-state index contributed by atoms with van der Waals surface area (Å²) in [6.07, 6.45) is 0. The fraction of sp³-hybridized carbons (Fsp3) is 0.0476. The molecule has 0 atom stereocenters. The van der Waals surface area contributed by atoms with Crippen LogP contribution in [0.25, 0.3) is 0 Å². The standard InChI is InChI=1S/C21H16ClNO2/c1-14-7-12-18(20(24)15-8-10-17(22)11-9-15)19(13-14)23-21(25)16-5-3-2-4-6-16/h2-13H,1H3,(H,23,25). The highest BCUT2D eigenvalue weighted by Gasteiger charge is 2.16. The summed E-state index contributed by atoms with van der Waals surface area (Å²) in [5, 5.41) is 3.41. The highest BCUT2D eigenvalue weighted by Crippen LogP contribution is 2.23. The second-order valence-corrected chi connectivity index (χ2v) is 6.14. The normalized spacial score (nSPS) is 10.3. The van der Waals surface area contributed by atoms with E-state index in [1.807, 2.05) is 19.1 Å². The van der Waals surface area contributed by atoms with Gasteiger partial charge in [0.2, 0.25) is 0 Å². The number of nitrogens with one attached hydrogen (secondary N) is 1. The zero-order chi connectivity index (χ0) is 17.8. The molecule has 0 bridgehead atoms. The SMILES string of the molecule is Cc1ccc(C(=O)c2ccc(Cl)cc2)c(NC(=O)c2ccccc2)c1. The predicted octanol–water partition coefficient (Wildman–Crippen LogP) is 5.13. The van der Waals surface area contributed by atoms with E-state index in [9.17, 15) is 9.59 Å². The summed E-state index contributed by atoms with van der Waals surface area (Å²) < 4.78 is 0. The van der Waals surface area contributed by atoms with Gasteiger partial charge in [-0.15, -0.1) is 0 Å². The van der Waals surface area contributed by atoms with Crippen LogP contribution in [0.4, 0.5) is 5.69 Å². The Balaban J connectivity index is 1.94. The van der Waals surface area contributed by atoms with Crippen molar-refractivity contribution in [3.05, 3.63) is 100 Å². The van der Waals surface area contributed by atoms with Gasteiger partial charge in [0.05, 0.1) is 5.69 Å². The molecule has 3 aromatic carbocycles. The summed E-state index contributed by atoms with van der Waals surface area (Å²) in [4.78, 5) is 25.3. The minimum absolute atomic E-state index is 0.167. The Morgan fingerprint density at radius 1 is 0.840 bits per heavy atom. The highest BCUT2D eigenvalue weighted by atomic mass is 35.5. The van der Waals surface area contributed by atoms with Crippen LogP contribution in [-0.4, -0.2) is 11.7 Å². The van der Waals surface area contributed by atoms with Gasteiger partial charge < -0.3 is 5.32 Å². The molecule has 124 valence electrons. The molecule has 0 aliphatic rings. The van der Waals surface area contributed by atoms with Crippen molar-refractivity contribution in [2.75, 3.05) is 5.32 Å². The number of benzene rings is 3. The van der Waals surface area contributed by atoms with Gasteiger partial charge in [0.1, 0.15) is 0 Å². The quantitative estimate of drug-likeness (QED) is 0.663. The zero-order valence-corrected chi connectivity index (χ0v) is 14.4. The Morgan fingerprint density at radius 2 is 1.52 bits per heavy atom. The monoisotopic (exact) mass is 349 g/mol. The Bertz CT molecular complexity index is 918. The van der Waals surface area contributed by atoms with E-state index in [1.54, 1.807) is 60.7 Å². The number of hydrogen-bond acceptors (Lipinski definition) is 2. The van der Waals surface area contributed by atoms with Crippen molar-refractivity contribution in [3.8, 4) is 0 Å². The molecule has 0 spiro atoms. The number of hydrogen-bond donors (Lipinski definition) is 1. The number of anilines is 1. The van der Waals surface area contributed by atoms with Crippen molar-refractivity contribution in [3.63, 3.8) is 0 Å². The fourth-order valence-electron chi connectivity index (χ4n) is 2.50. The number of aryl methyl sites for hydroxylation is 1. The van der Waals surface area contributed by atoms with Gasteiger partial charge >= 0.3 is 0 Å². The minimum atomic E-state index is -0.253. The van der Waals surface area contributed by atoms with Crippen LogP contribution in [0.1, 0.15) is 31.8 Å². The molecule has 3 aromatic rings. The highest BCUT2D eigenvalue weighted by molar-refractivity contribution is 6.30. The minimum Gasteiger partial charge on any atom is -0.321 e. The van der Waals surface area contributed by atoms with Gasteiger partial charge in [0.25, 0.3) is 5.91 Å². The molecule has 25 heavy (non-hydrogen) atoms. The summed E-state index contributed by atoms with van der Waals surface area (Å²) in [7, 11) is 0. The molecule has 1 N–H and O–H groups in total. The Hall–Kier alpha value is -2.91. The van der Waals surface area contributed by atoms with Crippen molar-refractivity contribution in [2.24, 2.45) is 0 Å². The van der Waals surface area contributed by atoms with E-state index >= 15 is 0 Å². The average Bonchev–Trinajstić information content (AvgIpc) is 2.63. The Morgan fingerprint density at radius 3 is 2.20 bits per heavy atom. The number of rotatable bonds is 4. The summed E-state index contributed by atoms with van der Waals surface area (Å²) in [6, 6.07) is 21.0. The third-order valence-electron chi connectivity index (χ3n) is 3.81. The van der Waals surface area contributed by atoms with E-state index in [4.69, 9.17) is 11.6 Å². The van der Waals surface area contributed by atoms with Crippen LogP contribution in [0.5, 0.6) is 0 Å². The summed E-state index contributed by atoms with van der Waals surface area (Å²) in [5.41, 5.74) is 2.94. The number of carbonyl (C=O) groups is 2. The topological polar surface area (TPSA) is 46.2 Å². The summed E-state index contributed by atoms with van der Waals surface area (Å²) in [5.74, 6) is -0.420. The van der Waals surface area contributed by atoms with Crippen LogP contribution < -0.4 is 5.32 Å². The Kier molecular flexibility index (Phi) is 4.96. The molecule has 0 fully saturated rings. The number of ketones is 1.